The third-order valence-electron chi connectivity index (χ3n) is 19.5. The first-order chi connectivity index (χ1) is 63.4. The molecule has 0 saturated heterocycles. The maximum Gasteiger partial charge on any atom is 0.413 e. The second kappa shape index (κ2) is 47.7. The van der Waals surface area contributed by atoms with Crippen molar-refractivity contribution < 1.29 is 163 Å². The predicted molar refractivity (Wildman–Crippen MR) is 482 cm³/mol. The number of nitriles is 1. The van der Waals surface area contributed by atoms with E-state index in [2.05, 4.69) is 44.4 Å². The number of hydrogen-bond donors (Lipinski definition) is 11. The number of hydrogen-bond acceptors (Lipinski definition) is 35. The highest BCUT2D eigenvalue weighted by Crippen LogP contribution is 2.47. The fourth-order valence-electron chi connectivity index (χ4n) is 12.3. The van der Waals surface area contributed by atoms with E-state index in [1.54, 1.807) is 43.3 Å². The number of Topliss-reactive ketones (excluding diaryl/α,β-unsaturated/α-hetero) is 1. The molecular formula is C91H97FIN7O33S. The SMILES string of the molecule is COC(=O)c1cc(C#N)c(O)c(OC)c1.COC(=O)c1cc(CN)c(O)c(OC)c1.COC(=O)c1cc(I)c(O)c(OC)c1.COC(=O)c1cc2c(c(OC)c1)OC(=O)NC2.COC(=O)c1ccc(O)c(OC)c1.COc1cc(C(=O)CCC(C)(O)c2cc3c(c(-c4ccc(F)cc4)n2)OC[C@@]3(C)NS(=O)C(C)(C)C)cc2c1OC(=O)NC2.COc1cc(C(=O)O)cc2c1OC(=O)NC2. The molecule has 0 saturated carbocycles. The van der Waals surface area contributed by atoms with Gasteiger partial charge < -0.3 is 128 Å². The molecule has 4 aliphatic heterocycles. The van der Waals surface area contributed by atoms with Gasteiger partial charge in [-0.2, -0.15) is 5.26 Å². The van der Waals surface area contributed by atoms with Crippen LogP contribution in [-0.2, 0) is 72.0 Å². The van der Waals surface area contributed by atoms with E-state index in [-0.39, 0.29) is 143 Å². The molecular weight excluding hydrogens is 1900 g/mol. The molecule has 0 aliphatic carbocycles. The van der Waals surface area contributed by atoms with Gasteiger partial charge in [-0.05, 0) is 185 Å². The molecule has 0 bridgehead atoms. The lowest BCUT2D eigenvalue weighted by Crippen LogP contribution is -2.47. The van der Waals surface area contributed by atoms with E-state index in [1.807, 2.05) is 50.3 Å². The number of aromatic hydroxyl groups is 4. The zero-order valence-electron chi connectivity index (χ0n) is 75.3. The first-order valence-electron chi connectivity index (χ1n) is 39.3. The summed E-state index contributed by atoms with van der Waals surface area (Å²) in [6.45, 7) is 10.0. The minimum absolute atomic E-state index is 0.00449. The molecule has 1 aromatic heterocycles. The Morgan fingerprint density at radius 1 is 0.530 bits per heavy atom. The monoisotopic (exact) mass is 1990 g/mol. The number of aromatic carboxylic acids is 1. The van der Waals surface area contributed by atoms with Crippen molar-refractivity contribution in [3.8, 4) is 104 Å². The van der Waals surface area contributed by atoms with Gasteiger partial charge in [0.05, 0.1) is 155 Å². The number of ketones is 1. The van der Waals surface area contributed by atoms with E-state index in [1.165, 1.54) is 176 Å². The Labute approximate surface area is 782 Å². The van der Waals surface area contributed by atoms with Crippen molar-refractivity contribution in [2.45, 2.75) is 89.5 Å². The molecule has 2 unspecified atom stereocenters. The lowest BCUT2D eigenvalue weighted by Gasteiger charge is -2.30. The number of esters is 5. The number of nitrogens with one attached hydrogen (secondary N) is 4. The maximum atomic E-state index is 13.8. The minimum atomic E-state index is -1.57. The molecule has 40 nitrogen and oxygen atoms in total. The molecule has 12 N–H and O–H groups in total. The average molecular weight is 1990 g/mol. The van der Waals surface area contributed by atoms with Crippen LogP contribution in [0.3, 0.4) is 0 Å². The molecule has 8 aromatic carbocycles. The van der Waals surface area contributed by atoms with Crippen LogP contribution >= 0.6 is 22.6 Å². The zero-order valence-corrected chi connectivity index (χ0v) is 78.3. The van der Waals surface area contributed by atoms with E-state index in [9.17, 15) is 82.1 Å². The highest BCUT2D eigenvalue weighted by atomic mass is 127. The topological polar surface area (TPSA) is 568 Å². The van der Waals surface area contributed by atoms with Crippen molar-refractivity contribution in [1.82, 2.24) is 25.7 Å². The fraction of sp³-hybridized carbons (Fsp3) is 0.297. The number of aromatic nitrogens is 1. The number of aliphatic hydroxyl groups is 1. The number of nitrogens with two attached hydrogens (primary N) is 1. The van der Waals surface area contributed by atoms with Crippen LogP contribution in [-0.4, -0.2) is 196 Å². The molecule has 13 rings (SSSR count). The van der Waals surface area contributed by atoms with Crippen molar-refractivity contribution in [2.24, 2.45) is 5.73 Å². The predicted octanol–water partition coefficient (Wildman–Crippen LogP) is 11.8. The van der Waals surface area contributed by atoms with Gasteiger partial charge in [0.2, 0.25) is 0 Å². The van der Waals surface area contributed by atoms with Gasteiger partial charge >= 0.3 is 54.1 Å². The normalized spacial score (nSPS) is 13.7. The van der Waals surface area contributed by atoms with E-state index in [0.29, 0.717) is 87.7 Å². The third kappa shape index (κ3) is 26.9. The number of carbonyl (C=O) groups excluding carboxylic acids is 9. The summed E-state index contributed by atoms with van der Waals surface area (Å²) in [6.07, 6.45) is -1.73. The van der Waals surface area contributed by atoms with E-state index < -0.39 is 86.8 Å². The molecule has 134 heavy (non-hydrogen) atoms. The lowest BCUT2D eigenvalue weighted by molar-refractivity contribution is 0.0396. The van der Waals surface area contributed by atoms with Crippen LogP contribution in [0.4, 0.5) is 18.8 Å². The Morgan fingerprint density at radius 3 is 1.37 bits per heavy atom. The van der Waals surface area contributed by atoms with Gasteiger partial charge in [0, 0.05) is 71.5 Å². The van der Waals surface area contributed by atoms with Gasteiger partial charge in [0.25, 0.3) is 0 Å². The number of methoxy groups -OCH3 is 12. The summed E-state index contributed by atoms with van der Waals surface area (Å²) >= 11 is 1.91. The summed E-state index contributed by atoms with van der Waals surface area (Å²) in [5.41, 5.74) is 9.07. The Balaban J connectivity index is 0.000000229. The Bertz CT molecular complexity index is 5910. The van der Waals surface area contributed by atoms with Crippen molar-refractivity contribution in [2.75, 3.05) is 91.9 Å². The Kier molecular flexibility index (Phi) is 37.7. The van der Waals surface area contributed by atoms with Crippen molar-refractivity contribution in [3.05, 3.63) is 209 Å². The second-order valence-electron chi connectivity index (χ2n) is 29.5. The number of rotatable bonds is 22. The molecule has 3 amide bonds. The average Bonchev–Trinajstić information content (AvgIpc) is 1.58. The minimum Gasteiger partial charge on any atom is -0.504 e. The number of amides is 3. The van der Waals surface area contributed by atoms with E-state index in [4.69, 9.17) is 73.2 Å². The first-order valence-corrected chi connectivity index (χ1v) is 41.6. The van der Waals surface area contributed by atoms with E-state index >= 15 is 0 Å². The molecule has 0 radical (unpaired) electrons. The Hall–Kier alpha value is -15.0. The van der Waals surface area contributed by atoms with Crippen molar-refractivity contribution >= 4 is 93.5 Å². The summed E-state index contributed by atoms with van der Waals surface area (Å²) in [5, 5.41) is 74.6. The molecule has 0 fully saturated rings. The number of carboxylic acids is 1. The quantitative estimate of drug-likeness (QED) is 0.0130. The van der Waals surface area contributed by atoms with Crippen LogP contribution in [0.25, 0.3) is 11.3 Å². The molecule has 714 valence electrons. The first kappa shape index (κ1) is 106. The number of phenols is 4. The van der Waals surface area contributed by atoms with Gasteiger partial charge in [0.1, 0.15) is 29.8 Å². The molecule has 3 atom stereocenters. The maximum absolute atomic E-state index is 13.8. The van der Waals surface area contributed by atoms with E-state index in [0.717, 1.165) is 0 Å². The number of phenolic OH excluding ortho intramolecular Hbond substituents is 4. The molecule has 0 spiro atoms. The Morgan fingerprint density at radius 2 is 0.925 bits per heavy atom. The van der Waals surface area contributed by atoms with Crippen molar-refractivity contribution in [3.63, 3.8) is 0 Å². The molecule has 9 aromatic rings. The van der Waals surface area contributed by atoms with Crippen LogP contribution < -0.4 is 78.5 Å². The van der Waals surface area contributed by atoms with Crippen LogP contribution in [0.15, 0.2) is 121 Å². The van der Waals surface area contributed by atoms with Gasteiger partial charge in [0.15, 0.2) is 92.0 Å². The van der Waals surface area contributed by atoms with Gasteiger partial charge in [-0.3, -0.25) is 4.79 Å². The number of nitrogens with zero attached hydrogens (tertiary/aromatic N) is 2. The number of carbonyl (C=O) groups is 10. The number of ether oxygens (including phenoxy) is 16. The largest absolute Gasteiger partial charge is 0.504 e. The van der Waals surface area contributed by atoms with Gasteiger partial charge in [-0.25, -0.2) is 61.5 Å². The zero-order chi connectivity index (χ0) is 99.6. The highest BCUT2D eigenvalue weighted by molar-refractivity contribution is 14.1. The van der Waals surface area contributed by atoms with Gasteiger partial charge in [-0.15, -0.1) is 0 Å². The van der Waals surface area contributed by atoms with Crippen molar-refractivity contribution in [1.29, 1.82) is 5.26 Å². The number of halogens is 2. The number of fused-ring (bicyclic) bond motifs is 4. The summed E-state index contributed by atoms with van der Waals surface area (Å²) < 4.78 is 109. The fourth-order valence-corrected chi connectivity index (χ4v) is 13.8. The molecule has 5 heterocycles. The number of carboxylic acid groups (broad SMARTS) is 1. The third-order valence-corrected chi connectivity index (χ3v) is 22.0. The van der Waals surface area contributed by atoms with Gasteiger partial charge in [-0.1, -0.05) is 0 Å². The van der Waals surface area contributed by atoms with Crippen LogP contribution in [0.1, 0.15) is 159 Å². The standard InChI is InChI=1S/C32H36FN3O7S.C11H11NO5.C10H9NO5.C10H13NO4.C10H9NO4.C9H9IO4.C9H10O4/c1-30(2,3)44(40)36-31(4)17-42-28-22(31)15-25(35-26(28)18-7-9-21(33)10-8-18)32(5,39)12-11-23(37)19-13-20-16-34-29(38)43-27(20)24(14-19)41-6;1-15-8-4-6(10(13)16-2)3-7-5-12-11(14)17-9(7)8;1-15-7-3-5(9(12)13)2-6-4-11-10(14)16-8(6)7;2*1-14-8-4-6(10(13)15-2)3-7(5-11)9(8)12;1-13-7-4-5(9(12)14-2)3-6(10)8(7)11;1-12-8-5-6(9(11)13-2)3-4-7(8)10/h7-10,13-15,36,39H,11-12,16-17H2,1-6H3,(H,34,38);3-4H,5H2,1-2H3,(H,12,14);2-3H,4H2,1H3,(H,11,14)(H,12,13);3-4,12H,5,11H2,1-2H3;3-4,12H,1-2H3;3-4,11H,1-2H3;3-5,10H,1-2H3/t31-,32?,44?;;;;;;/m1....../s1. The summed E-state index contributed by atoms with van der Waals surface area (Å²) in [5.74, 6) is -1.56. The highest BCUT2D eigenvalue weighted by Gasteiger charge is 2.44. The summed E-state index contributed by atoms with van der Waals surface area (Å²) in [7, 11) is 14.8. The van der Waals surface area contributed by atoms with Crippen LogP contribution in [0.5, 0.6) is 86.2 Å². The lowest BCUT2D eigenvalue weighted by atomic mass is 9.87. The number of benzene rings is 8. The second-order valence-corrected chi connectivity index (χ2v) is 32.6. The molecule has 43 heteroatoms. The summed E-state index contributed by atoms with van der Waals surface area (Å²) in [6, 6.07) is 30.9. The van der Waals surface area contributed by atoms with Crippen LogP contribution in [0.2, 0.25) is 0 Å². The smallest absolute Gasteiger partial charge is 0.413 e. The number of pyridine rings is 1. The molecule has 4 aliphatic rings. The van der Waals surface area contributed by atoms with Crippen LogP contribution in [0, 0.1) is 20.7 Å². The summed E-state index contributed by atoms with van der Waals surface area (Å²) in [4.78, 5) is 119.